The van der Waals surface area contributed by atoms with Crippen LogP contribution in [0, 0.1) is 0 Å². The standard InChI is InChI=1S/C18H26F9N3S3/c1-3-7-28(13(31)16(19,20)21)9-5-11-30(15(33)18(25,26)27)12-6-10-29(8-4-2)14(32)17(22,23)24/h3-12H2,1-2H3. The third-order valence-corrected chi connectivity index (χ3v) is 5.76. The van der Waals surface area contributed by atoms with E-state index in [1.54, 1.807) is 13.8 Å². The minimum Gasteiger partial charge on any atom is -0.359 e. The second-order valence-corrected chi connectivity index (χ2v) is 8.24. The summed E-state index contributed by atoms with van der Waals surface area (Å²) in [7, 11) is 0. The second kappa shape index (κ2) is 13.8. The van der Waals surface area contributed by atoms with E-state index in [0.717, 1.165) is 14.7 Å². The van der Waals surface area contributed by atoms with Crippen LogP contribution >= 0.6 is 36.7 Å². The maximum atomic E-state index is 13.1. The molecule has 0 aliphatic carbocycles. The molecule has 0 amide bonds. The van der Waals surface area contributed by atoms with Gasteiger partial charge in [0.1, 0.15) is 0 Å². The minimum atomic E-state index is -4.87. The summed E-state index contributed by atoms with van der Waals surface area (Å²) >= 11 is 13.3. The molecule has 3 nitrogen and oxygen atoms in total. The van der Waals surface area contributed by atoms with Gasteiger partial charge in [0.2, 0.25) is 0 Å². The van der Waals surface area contributed by atoms with Crippen LogP contribution in [0.4, 0.5) is 39.5 Å². The number of thiocarbonyl (C=S) groups is 3. The van der Waals surface area contributed by atoms with Gasteiger partial charge in [-0.2, -0.15) is 39.5 Å². The zero-order valence-corrected chi connectivity index (χ0v) is 20.5. The number of hydrogen-bond acceptors (Lipinski definition) is 3. The highest BCUT2D eigenvalue weighted by Crippen LogP contribution is 2.23. The van der Waals surface area contributed by atoms with E-state index in [1.165, 1.54) is 0 Å². The van der Waals surface area contributed by atoms with Gasteiger partial charge in [-0.05, 0) is 25.7 Å². The predicted octanol–water partition coefficient (Wildman–Crippen LogP) is 6.16. The van der Waals surface area contributed by atoms with E-state index in [4.69, 9.17) is 0 Å². The minimum absolute atomic E-state index is 0.0249. The Balaban J connectivity index is 5.19. The molecule has 15 heteroatoms. The lowest BCUT2D eigenvalue weighted by Gasteiger charge is -2.31. The van der Waals surface area contributed by atoms with Crippen molar-refractivity contribution in [2.75, 3.05) is 39.3 Å². The van der Waals surface area contributed by atoms with Crippen molar-refractivity contribution in [2.24, 2.45) is 0 Å². The van der Waals surface area contributed by atoms with E-state index in [-0.39, 0.29) is 52.1 Å². The molecule has 0 spiro atoms. The predicted molar refractivity (Wildman–Crippen MR) is 120 cm³/mol. The molecule has 0 heterocycles. The van der Waals surface area contributed by atoms with Crippen molar-refractivity contribution in [1.29, 1.82) is 0 Å². The molecule has 0 aromatic heterocycles. The van der Waals surface area contributed by atoms with Gasteiger partial charge in [-0.25, -0.2) is 0 Å². The quantitative estimate of drug-likeness (QED) is 0.211. The van der Waals surface area contributed by atoms with Crippen molar-refractivity contribution in [2.45, 2.75) is 58.1 Å². The lowest BCUT2D eigenvalue weighted by Crippen LogP contribution is -2.45. The molecule has 0 saturated heterocycles. The number of alkyl halides is 9. The number of rotatable bonds is 12. The molecule has 0 unspecified atom stereocenters. The van der Waals surface area contributed by atoms with Crippen LogP contribution in [0.1, 0.15) is 39.5 Å². The molecular weight excluding hydrogens is 525 g/mol. The van der Waals surface area contributed by atoms with Crippen LogP contribution in [-0.2, 0) is 0 Å². The molecule has 0 aliphatic rings. The Labute approximate surface area is 203 Å². The highest BCUT2D eigenvalue weighted by Gasteiger charge is 2.40. The van der Waals surface area contributed by atoms with Crippen molar-refractivity contribution in [1.82, 2.24) is 14.7 Å². The first-order chi connectivity index (χ1) is 15.0. The first-order valence-electron chi connectivity index (χ1n) is 10.0. The van der Waals surface area contributed by atoms with Gasteiger partial charge in [-0.3, -0.25) is 0 Å². The molecular formula is C18H26F9N3S3. The molecule has 0 aliphatic heterocycles. The molecule has 0 N–H and O–H groups in total. The van der Waals surface area contributed by atoms with E-state index in [9.17, 15) is 39.5 Å². The van der Waals surface area contributed by atoms with Crippen LogP contribution in [0.3, 0.4) is 0 Å². The van der Waals surface area contributed by atoms with Gasteiger partial charge in [0.25, 0.3) is 0 Å². The summed E-state index contributed by atoms with van der Waals surface area (Å²) in [6.45, 7) is 2.04. The molecule has 194 valence electrons. The molecule has 0 atom stereocenters. The number of halogens is 9. The van der Waals surface area contributed by atoms with Gasteiger partial charge in [0.05, 0.1) is 0 Å². The number of nitrogens with zero attached hydrogens (tertiary/aromatic N) is 3. The molecule has 33 heavy (non-hydrogen) atoms. The first kappa shape index (κ1) is 32.0. The smallest absolute Gasteiger partial charge is 0.359 e. The zero-order valence-electron chi connectivity index (χ0n) is 18.0. The molecule has 0 aromatic carbocycles. The Bertz CT molecular complexity index is 607. The Morgan fingerprint density at radius 1 is 0.485 bits per heavy atom. The number of hydrogen-bond donors (Lipinski definition) is 0. The summed E-state index contributed by atoms with van der Waals surface area (Å²) in [5, 5.41) is 0. The Hall–Kier alpha value is -0.960. The second-order valence-electron chi connectivity index (χ2n) is 7.08. The van der Waals surface area contributed by atoms with Crippen LogP contribution in [-0.4, -0.2) is 87.5 Å². The van der Waals surface area contributed by atoms with Crippen LogP contribution in [0.5, 0.6) is 0 Å². The highest BCUT2D eigenvalue weighted by molar-refractivity contribution is 7.80. The van der Waals surface area contributed by atoms with E-state index in [0.29, 0.717) is 12.8 Å². The monoisotopic (exact) mass is 551 g/mol. The molecule has 0 aromatic rings. The lowest BCUT2D eigenvalue weighted by atomic mass is 10.2. The van der Waals surface area contributed by atoms with Crippen molar-refractivity contribution < 1.29 is 39.5 Å². The average molecular weight is 552 g/mol. The topological polar surface area (TPSA) is 9.72 Å². The summed E-state index contributed by atoms with van der Waals surface area (Å²) < 4.78 is 117. The van der Waals surface area contributed by atoms with Gasteiger partial charge < -0.3 is 14.7 Å². The molecule has 0 radical (unpaired) electrons. The fourth-order valence-corrected chi connectivity index (χ4v) is 3.47. The Morgan fingerprint density at radius 2 is 0.697 bits per heavy atom. The van der Waals surface area contributed by atoms with Crippen molar-refractivity contribution >= 4 is 51.6 Å². The van der Waals surface area contributed by atoms with Gasteiger partial charge >= 0.3 is 18.5 Å². The Kier molecular flexibility index (Phi) is 13.4. The fourth-order valence-electron chi connectivity index (χ4n) is 2.93. The van der Waals surface area contributed by atoms with Crippen molar-refractivity contribution in [3.05, 3.63) is 0 Å². The molecule has 0 fully saturated rings. The van der Waals surface area contributed by atoms with Gasteiger partial charge in [-0.15, -0.1) is 0 Å². The Morgan fingerprint density at radius 3 is 0.879 bits per heavy atom. The SMILES string of the molecule is CCCN(CCCN(CCCN(CCC)C(=S)C(F)(F)F)C(=S)C(F)(F)F)C(=S)C(F)(F)F. The molecule has 0 bridgehead atoms. The average Bonchev–Trinajstić information content (AvgIpc) is 2.67. The normalized spacial score (nSPS) is 12.5. The van der Waals surface area contributed by atoms with Crippen molar-refractivity contribution in [3.8, 4) is 0 Å². The maximum Gasteiger partial charge on any atom is 0.441 e. The van der Waals surface area contributed by atoms with E-state index >= 15 is 0 Å². The largest absolute Gasteiger partial charge is 0.441 e. The lowest BCUT2D eigenvalue weighted by molar-refractivity contribution is -0.0666. The summed E-state index contributed by atoms with van der Waals surface area (Å²) in [5.74, 6) is 0. The van der Waals surface area contributed by atoms with E-state index in [1.807, 2.05) is 0 Å². The summed E-state index contributed by atoms with van der Waals surface area (Å²) in [5.41, 5.74) is 0. The van der Waals surface area contributed by atoms with Gasteiger partial charge in [0, 0.05) is 39.3 Å². The zero-order chi connectivity index (χ0) is 26.0. The summed E-state index contributed by atoms with van der Waals surface area (Å²) in [4.78, 5) is -1.42. The van der Waals surface area contributed by atoms with Crippen LogP contribution in [0.2, 0.25) is 0 Å². The maximum absolute atomic E-state index is 13.1. The van der Waals surface area contributed by atoms with Crippen LogP contribution < -0.4 is 0 Å². The third-order valence-electron chi connectivity index (χ3n) is 4.29. The van der Waals surface area contributed by atoms with Gasteiger partial charge in [0.15, 0.2) is 15.0 Å². The van der Waals surface area contributed by atoms with Crippen molar-refractivity contribution in [3.63, 3.8) is 0 Å². The summed E-state index contributed by atoms with van der Waals surface area (Å²) in [6, 6.07) is 0. The first-order valence-corrected chi connectivity index (χ1v) is 11.3. The third kappa shape index (κ3) is 11.8. The van der Waals surface area contributed by atoms with Gasteiger partial charge in [-0.1, -0.05) is 50.5 Å². The molecule has 0 rings (SSSR count). The van der Waals surface area contributed by atoms with E-state index < -0.39 is 33.5 Å². The van der Waals surface area contributed by atoms with Crippen LogP contribution in [0.25, 0.3) is 0 Å². The molecule has 0 saturated carbocycles. The fraction of sp³-hybridized carbons (Fsp3) is 0.833. The highest BCUT2D eigenvalue weighted by atomic mass is 32.1. The van der Waals surface area contributed by atoms with E-state index in [2.05, 4.69) is 36.7 Å². The van der Waals surface area contributed by atoms with Crippen LogP contribution in [0.15, 0.2) is 0 Å². The summed E-state index contributed by atoms with van der Waals surface area (Å²) in [6.07, 6.45) is -13.9.